The van der Waals surface area contributed by atoms with E-state index in [9.17, 15) is 13.2 Å². The van der Waals surface area contributed by atoms with Gasteiger partial charge in [-0.15, -0.1) is 16.4 Å². The van der Waals surface area contributed by atoms with Crippen LogP contribution in [0, 0.1) is 0 Å². The second-order valence-electron chi connectivity index (χ2n) is 8.63. The van der Waals surface area contributed by atoms with Crippen LogP contribution in [0.5, 0.6) is 0 Å². The predicted molar refractivity (Wildman–Crippen MR) is 111 cm³/mol. The molecule has 0 amide bonds. The Balaban J connectivity index is 1.22. The first-order valence-electron chi connectivity index (χ1n) is 10.6. The number of piperidine rings is 1. The van der Waals surface area contributed by atoms with Crippen molar-refractivity contribution < 1.29 is 17.9 Å². The van der Waals surface area contributed by atoms with Crippen LogP contribution in [0.25, 0.3) is 16.2 Å². The molecule has 0 aliphatic carbocycles. The molecule has 2 atom stereocenters. The molecule has 6 rings (SSSR count). The lowest BCUT2D eigenvalue weighted by atomic mass is 9.95. The highest BCUT2D eigenvalue weighted by Gasteiger charge is 2.45. The average molecular weight is 450 g/mol. The van der Waals surface area contributed by atoms with E-state index in [1.807, 2.05) is 12.1 Å². The number of rotatable bonds is 4. The zero-order chi connectivity index (χ0) is 21.2. The van der Waals surface area contributed by atoms with Crippen molar-refractivity contribution >= 4 is 22.8 Å². The van der Waals surface area contributed by atoms with Gasteiger partial charge < -0.3 is 10.1 Å². The number of anilines is 1. The maximum Gasteiger partial charge on any atom is 0.425 e. The van der Waals surface area contributed by atoms with Crippen molar-refractivity contribution in [3.05, 3.63) is 35.3 Å². The maximum absolute atomic E-state index is 13.0. The van der Waals surface area contributed by atoms with Crippen LogP contribution in [0.2, 0.25) is 0 Å². The molecule has 1 N–H and O–H groups in total. The van der Waals surface area contributed by atoms with Crippen molar-refractivity contribution in [3.63, 3.8) is 0 Å². The third kappa shape index (κ3) is 3.41. The van der Waals surface area contributed by atoms with E-state index in [1.54, 1.807) is 10.7 Å². The van der Waals surface area contributed by atoms with Crippen molar-refractivity contribution in [2.45, 2.75) is 56.0 Å². The molecule has 6 nitrogen and oxygen atoms in total. The Labute approximate surface area is 181 Å². The fourth-order valence-electron chi connectivity index (χ4n) is 5.28. The van der Waals surface area contributed by atoms with Gasteiger partial charge in [-0.1, -0.05) is 0 Å². The Morgan fingerprint density at radius 3 is 2.45 bits per heavy atom. The lowest BCUT2D eigenvalue weighted by Gasteiger charge is -2.46. The van der Waals surface area contributed by atoms with Crippen LogP contribution < -0.4 is 5.32 Å². The quantitative estimate of drug-likeness (QED) is 0.644. The van der Waals surface area contributed by atoms with Gasteiger partial charge in [-0.05, 0) is 49.9 Å². The van der Waals surface area contributed by atoms with E-state index in [-0.39, 0.29) is 0 Å². The third-order valence-electron chi connectivity index (χ3n) is 6.68. The topological polar surface area (TPSA) is 54.7 Å². The number of hydrogen-bond acceptors (Lipinski definition) is 6. The summed E-state index contributed by atoms with van der Waals surface area (Å²) in [6, 6.07) is 8.43. The number of alkyl halides is 3. The molecule has 31 heavy (non-hydrogen) atoms. The Bertz CT molecular complexity index is 1090. The molecule has 164 valence electrons. The molecule has 0 saturated carbocycles. The van der Waals surface area contributed by atoms with Crippen LogP contribution in [0.4, 0.5) is 19.0 Å². The summed E-state index contributed by atoms with van der Waals surface area (Å²) in [4.78, 5) is 6.86. The SMILES string of the molecule is FC(F)(F)c1ccc(-c2cnc3ccc(NC4CC5CCC(C4)N5C4COC4)nn23)s1. The summed E-state index contributed by atoms with van der Waals surface area (Å²) in [6.07, 6.45) is 1.85. The Morgan fingerprint density at radius 2 is 1.81 bits per heavy atom. The summed E-state index contributed by atoms with van der Waals surface area (Å²) in [5, 5.41) is 8.24. The highest BCUT2D eigenvalue weighted by Crippen LogP contribution is 2.40. The van der Waals surface area contributed by atoms with Crippen LogP contribution in [0.1, 0.15) is 30.6 Å². The molecule has 3 aliphatic rings. The minimum absolute atomic E-state index is 0.338. The number of ether oxygens (including phenoxy) is 1. The smallest absolute Gasteiger partial charge is 0.378 e. The molecule has 3 aromatic heterocycles. The number of nitrogens with zero attached hydrogens (tertiary/aromatic N) is 4. The molecule has 6 heterocycles. The maximum atomic E-state index is 13.0. The number of thiophene rings is 1. The zero-order valence-electron chi connectivity index (χ0n) is 16.7. The fourth-order valence-corrected chi connectivity index (χ4v) is 6.15. The van der Waals surface area contributed by atoms with Gasteiger partial charge in [0.05, 0.1) is 30.3 Å². The first-order chi connectivity index (χ1) is 15.0. The Hall–Kier alpha value is -2.17. The summed E-state index contributed by atoms with van der Waals surface area (Å²) in [7, 11) is 0. The molecule has 0 spiro atoms. The van der Waals surface area contributed by atoms with Gasteiger partial charge in [0.25, 0.3) is 0 Å². The van der Waals surface area contributed by atoms with Crippen LogP contribution in [0.15, 0.2) is 30.5 Å². The van der Waals surface area contributed by atoms with Gasteiger partial charge in [-0.2, -0.15) is 13.2 Å². The van der Waals surface area contributed by atoms with Crippen molar-refractivity contribution in [2.24, 2.45) is 0 Å². The van der Waals surface area contributed by atoms with Crippen LogP contribution in [0.3, 0.4) is 0 Å². The van der Waals surface area contributed by atoms with E-state index in [0.29, 0.717) is 51.7 Å². The molecule has 3 saturated heterocycles. The predicted octanol–water partition coefficient (Wildman–Crippen LogP) is 4.28. The number of hydrogen-bond donors (Lipinski definition) is 1. The first-order valence-corrected chi connectivity index (χ1v) is 11.4. The highest BCUT2D eigenvalue weighted by molar-refractivity contribution is 7.15. The lowest BCUT2D eigenvalue weighted by molar-refractivity contribution is -0.134. The zero-order valence-corrected chi connectivity index (χ0v) is 17.5. The lowest BCUT2D eigenvalue weighted by Crippen LogP contribution is -2.58. The van der Waals surface area contributed by atoms with Crippen molar-refractivity contribution in [1.29, 1.82) is 0 Å². The van der Waals surface area contributed by atoms with Gasteiger partial charge in [-0.3, -0.25) is 4.90 Å². The second kappa shape index (κ2) is 7.18. The summed E-state index contributed by atoms with van der Waals surface area (Å²) in [6.45, 7) is 1.71. The number of nitrogens with one attached hydrogen (secondary N) is 1. The van der Waals surface area contributed by atoms with Crippen molar-refractivity contribution in [1.82, 2.24) is 19.5 Å². The molecular weight excluding hydrogens is 427 g/mol. The van der Waals surface area contributed by atoms with Gasteiger partial charge in [0.1, 0.15) is 16.4 Å². The molecule has 0 radical (unpaired) electrons. The summed E-state index contributed by atoms with van der Waals surface area (Å²) in [5.41, 5.74) is 1.18. The van der Waals surface area contributed by atoms with Crippen molar-refractivity contribution in [2.75, 3.05) is 18.5 Å². The van der Waals surface area contributed by atoms with Gasteiger partial charge in [0.15, 0.2) is 5.65 Å². The Morgan fingerprint density at radius 1 is 1.03 bits per heavy atom. The third-order valence-corrected chi connectivity index (χ3v) is 7.84. The molecule has 2 unspecified atom stereocenters. The average Bonchev–Trinajstić information content (AvgIpc) is 3.37. The van der Waals surface area contributed by atoms with Gasteiger partial charge in [-0.25, -0.2) is 9.50 Å². The van der Waals surface area contributed by atoms with E-state index in [2.05, 4.69) is 20.3 Å². The van der Waals surface area contributed by atoms with Crippen molar-refractivity contribution in [3.8, 4) is 10.6 Å². The largest absolute Gasteiger partial charge is 0.425 e. The number of aromatic nitrogens is 3. The molecule has 3 aromatic rings. The normalized spacial score (nSPS) is 27.0. The summed E-state index contributed by atoms with van der Waals surface area (Å²) >= 11 is 0.711. The minimum atomic E-state index is -4.34. The van der Waals surface area contributed by atoms with E-state index < -0.39 is 11.1 Å². The molecule has 3 fully saturated rings. The van der Waals surface area contributed by atoms with Crippen LogP contribution in [-0.4, -0.2) is 56.9 Å². The van der Waals surface area contributed by atoms with E-state index in [0.717, 1.165) is 37.9 Å². The standard InChI is InChI=1S/C21H22F3N5OS/c22-21(23,24)18-4-3-17(31-18)16-9-25-20-6-5-19(27-29(16)20)26-12-7-13-1-2-14(8-12)28(13)15-10-30-11-15/h3-6,9,12-15H,1-2,7-8,10-11H2,(H,26,27). The first kappa shape index (κ1) is 19.5. The van der Waals surface area contributed by atoms with Gasteiger partial charge in [0, 0.05) is 18.1 Å². The monoisotopic (exact) mass is 449 g/mol. The van der Waals surface area contributed by atoms with E-state index >= 15 is 0 Å². The Kier molecular flexibility index (Phi) is 4.52. The molecule has 10 heteroatoms. The summed E-state index contributed by atoms with van der Waals surface area (Å²) < 4.78 is 46.0. The fraction of sp³-hybridized carbons (Fsp3) is 0.524. The highest BCUT2D eigenvalue weighted by atomic mass is 32.1. The molecular formula is C21H22F3N5OS. The summed E-state index contributed by atoms with van der Waals surface area (Å²) in [5.74, 6) is 0.726. The van der Waals surface area contributed by atoms with Gasteiger partial charge in [0.2, 0.25) is 0 Å². The molecule has 3 aliphatic heterocycles. The molecule has 0 aromatic carbocycles. The van der Waals surface area contributed by atoms with Gasteiger partial charge >= 0.3 is 6.18 Å². The molecule has 2 bridgehead atoms. The van der Waals surface area contributed by atoms with Crippen LogP contribution >= 0.6 is 11.3 Å². The van der Waals surface area contributed by atoms with Crippen LogP contribution in [-0.2, 0) is 10.9 Å². The minimum Gasteiger partial charge on any atom is -0.378 e. The number of fused-ring (bicyclic) bond motifs is 3. The van der Waals surface area contributed by atoms with E-state index in [4.69, 9.17) is 4.74 Å². The van der Waals surface area contributed by atoms with E-state index in [1.165, 1.54) is 18.9 Å². The number of imidazole rings is 1. The second-order valence-corrected chi connectivity index (χ2v) is 9.71. The number of halogens is 3.